The molecule has 0 aliphatic carbocycles. The minimum Gasteiger partial charge on any atom is -0.384 e. The molecule has 0 unspecified atom stereocenters. The van der Waals surface area contributed by atoms with E-state index in [0.717, 1.165) is 30.3 Å². The summed E-state index contributed by atoms with van der Waals surface area (Å²) in [6.07, 6.45) is 0. The van der Waals surface area contributed by atoms with Crippen LogP contribution in [0.5, 0.6) is 0 Å². The minimum atomic E-state index is -0.199. The number of ether oxygens (including phenoxy) is 1. The third-order valence-corrected chi connectivity index (χ3v) is 2.80. The molecular weight excluding hydrogens is 213 g/mol. The molecular formula is C11H16FNOS. The number of thioether (sulfide) groups is 1. The van der Waals surface area contributed by atoms with Gasteiger partial charge in [0.25, 0.3) is 0 Å². The van der Waals surface area contributed by atoms with E-state index in [2.05, 4.69) is 5.32 Å². The minimum absolute atomic E-state index is 0.199. The van der Waals surface area contributed by atoms with Crippen LogP contribution in [0.1, 0.15) is 0 Å². The van der Waals surface area contributed by atoms with Crippen molar-refractivity contribution in [3.05, 3.63) is 30.1 Å². The molecule has 0 atom stereocenters. The van der Waals surface area contributed by atoms with Crippen LogP contribution in [0.15, 0.2) is 24.3 Å². The van der Waals surface area contributed by atoms with Gasteiger partial charge in [0.1, 0.15) is 5.82 Å². The fourth-order valence-electron chi connectivity index (χ4n) is 1.08. The summed E-state index contributed by atoms with van der Waals surface area (Å²) < 4.78 is 17.5. The van der Waals surface area contributed by atoms with E-state index >= 15 is 0 Å². The normalized spacial score (nSPS) is 10.3. The molecule has 15 heavy (non-hydrogen) atoms. The molecule has 0 amide bonds. The zero-order valence-electron chi connectivity index (χ0n) is 8.83. The van der Waals surface area contributed by atoms with Gasteiger partial charge in [0, 0.05) is 30.8 Å². The summed E-state index contributed by atoms with van der Waals surface area (Å²) in [7, 11) is 1.71. The SMILES string of the molecule is COCCSCCNc1ccc(F)cc1. The van der Waals surface area contributed by atoms with Gasteiger partial charge < -0.3 is 10.1 Å². The van der Waals surface area contributed by atoms with Crippen LogP contribution < -0.4 is 5.32 Å². The predicted molar refractivity (Wildman–Crippen MR) is 64.1 cm³/mol. The number of halogens is 1. The first kappa shape index (κ1) is 12.3. The highest BCUT2D eigenvalue weighted by atomic mass is 32.2. The zero-order chi connectivity index (χ0) is 10.9. The summed E-state index contributed by atoms with van der Waals surface area (Å²) in [4.78, 5) is 0. The van der Waals surface area contributed by atoms with Gasteiger partial charge in [0.05, 0.1) is 6.61 Å². The summed E-state index contributed by atoms with van der Waals surface area (Å²) in [5, 5.41) is 3.22. The Balaban J connectivity index is 2.07. The second-order valence-corrected chi connectivity index (χ2v) is 4.26. The standard InChI is InChI=1S/C11H16FNOS/c1-14-7-9-15-8-6-13-11-4-2-10(12)3-5-11/h2-5,13H,6-9H2,1H3. The summed E-state index contributed by atoms with van der Waals surface area (Å²) in [6.45, 7) is 1.68. The van der Waals surface area contributed by atoms with Crippen LogP contribution in [0.4, 0.5) is 10.1 Å². The molecule has 1 aromatic rings. The fraction of sp³-hybridized carbons (Fsp3) is 0.455. The van der Waals surface area contributed by atoms with E-state index < -0.39 is 0 Å². The highest BCUT2D eigenvalue weighted by molar-refractivity contribution is 7.99. The van der Waals surface area contributed by atoms with Gasteiger partial charge in [-0.2, -0.15) is 11.8 Å². The van der Waals surface area contributed by atoms with Crippen LogP contribution in [0, 0.1) is 5.82 Å². The smallest absolute Gasteiger partial charge is 0.123 e. The quantitative estimate of drug-likeness (QED) is 0.726. The van der Waals surface area contributed by atoms with Crippen molar-refractivity contribution < 1.29 is 9.13 Å². The molecule has 0 radical (unpaired) electrons. The molecule has 0 spiro atoms. The van der Waals surface area contributed by atoms with E-state index in [-0.39, 0.29) is 5.82 Å². The highest BCUT2D eigenvalue weighted by Crippen LogP contribution is 2.08. The summed E-state index contributed by atoms with van der Waals surface area (Å²) in [5.74, 6) is 1.84. The number of hydrogen-bond donors (Lipinski definition) is 1. The molecule has 0 bridgehead atoms. The molecule has 0 aliphatic rings. The molecule has 1 rings (SSSR count). The number of methoxy groups -OCH3 is 1. The van der Waals surface area contributed by atoms with E-state index in [9.17, 15) is 4.39 Å². The van der Waals surface area contributed by atoms with E-state index in [1.54, 1.807) is 19.2 Å². The van der Waals surface area contributed by atoms with Crippen molar-refractivity contribution in [2.45, 2.75) is 0 Å². The van der Waals surface area contributed by atoms with Crippen LogP contribution in [0.3, 0.4) is 0 Å². The third kappa shape index (κ3) is 5.64. The Hall–Kier alpha value is -0.740. The molecule has 0 saturated carbocycles. The molecule has 0 fully saturated rings. The lowest BCUT2D eigenvalue weighted by atomic mass is 10.3. The lowest BCUT2D eigenvalue weighted by molar-refractivity contribution is 0.218. The molecule has 0 heterocycles. The van der Waals surface area contributed by atoms with E-state index in [1.165, 1.54) is 12.1 Å². The van der Waals surface area contributed by atoms with Crippen molar-refractivity contribution >= 4 is 17.4 Å². The van der Waals surface area contributed by atoms with Gasteiger partial charge in [0.15, 0.2) is 0 Å². The lowest BCUT2D eigenvalue weighted by Gasteiger charge is -2.05. The lowest BCUT2D eigenvalue weighted by Crippen LogP contribution is -2.05. The maximum Gasteiger partial charge on any atom is 0.123 e. The fourth-order valence-corrected chi connectivity index (χ4v) is 1.81. The molecule has 1 aromatic carbocycles. The van der Waals surface area contributed by atoms with Crippen molar-refractivity contribution in [2.75, 3.05) is 37.1 Å². The predicted octanol–water partition coefficient (Wildman–Crippen LogP) is 2.62. The van der Waals surface area contributed by atoms with Gasteiger partial charge >= 0.3 is 0 Å². The molecule has 2 nitrogen and oxygen atoms in total. The van der Waals surface area contributed by atoms with Crippen molar-refractivity contribution in [2.24, 2.45) is 0 Å². The summed E-state index contributed by atoms with van der Waals surface area (Å²) in [5.41, 5.74) is 0.962. The Kier molecular flexibility index (Phi) is 6.20. The van der Waals surface area contributed by atoms with Gasteiger partial charge in [-0.3, -0.25) is 0 Å². The number of nitrogens with one attached hydrogen (secondary N) is 1. The molecule has 0 saturated heterocycles. The third-order valence-electron chi connectivity index (χ3n) is 1.85. The van der Waals surface area contributed by atoms with Crippen LogP contribution >= 0.6 is 11.8 Å². The van der Waals surface area contributed by atoms with E-state index in [0.29, 0.717) is 0 Å². The van der Waals surface area contributed by atoms with Gasteiger partial charge in [-0.25, -0.2) is 4.39 Å². The Morgan fingerprint density at radius 2 is 2.00 bits per heavy atom. The first-order chi connectivity index (χ1) is 7.33. The number of anilines is 1. The van der Waals surface area contributed by atoms with Gasteiger partial charge in [-0.15, -0.1) is 0 Å². The Labute approximate surface area is 94.2 Å². The van der Waals surface area contributed by atoms with Crippen molar-refractivity contribution in [1.29, 1.82) is 0 Å². The number of benzene rings is 1. The Morgan fingerprint density at radius 3 is 2.67 bits per heavy atom. The second kappa shape index (κ2) is 7.54. The average molecular weight is 229 g/mol. The van der Waals surface area contributed by atoms with Crippen molar-refractivity contribution in [3.8, 4) is 0 Å². The molecule has 1 N–H and O–H groups in total. The maximum absolute atomic E-state index is 12.6. The average Bonchev–Trinajstić information content (AvgIpc) is 2.26. The second-order valence-electron chi connectivity index (χ2n) is 3.04. The zero-order valence-corrected chi connectivity index (χ0v) is 9.65. The first-order valence-electron chi connectivity index (χ1n) is 4.89. The van der Waals surface area contributed by atoms with Gasteiger partial charge in [-0.05, 0) is 24.3 Å². The van der Waals surface area contributed by atoms with Crippen molar-refractivity contribution in [3.63, 3.8) is 0 Å². The Bertz CT molecular complexity index is 266. The van der Waals surface area contributed by atoms with Crippen LogP contribution in [-0.4, -0.2) is 31.8 Å². The number of hydrogen-bond acceptors (Lipinski definition) is 3. The van der Waals surface area contributed by atoms with Gasteiger partial charge in [0.2, 0.25) is 0 Å². The molecule has 0 aliphatic heterocycles. The molecule has 4 heteroatoms. The van der Waals surface area contributed by atoms with Gasteiger partial charge in [-0.1, -0.05) is 0 Å². The molecule has 84 valence electrons. The topological polar surface area (TPSA) is 21.3 Å². The summed E-state index contributed by atoms with van der Waals surface area (Å²) in [6, 6.07) is 6.41. The number of rotatable bonds is 7. The van der Waals surface area contributed by atoms with Crippen LogP contribution in [0.2, 0.25) is 0 Å². The van der Waals surface area contributed by atoms with E-state index in [1.807, 2.05) is 11.8 Å². The van der Waals surface area contributed by atoms with Crippen molar-refractivity contribution in [1.82, 2.24) is 0 Å². The van der Waals surface area contributed by atoms with E-state index in [4.69, 9.17) is 4.74 Å². The highest BCUT2D eigenvalue weighted by Gasteiger charge is 1.93. The largest absolute Gasteiger partial charge is 0.384 e. The van der Waals surface area contributed by atoms with Crippen LogP contribution in [-0.2, 0) is 4.74 Å². The maximum atomic E-state index is 12.6. The first-order valence-corrected chi connectivity index (χ1v) is 6.04. The summed E-state index contributed by atoms with van der Waals surface area (Å²) >= 11 is 1.84. The molecule has 0 aromatic heterocycles. The Morgan fingerprint density at radius 1 is 1.27 bits per heavy atom. The van der Waals surface area contributed by atoms with Crippen LogP contribution in [0.25, 0.3) is 0 Å². The monoisotopic (exact) mass is 229 g/mol.